The quantitative estimate of drug-likeness (QED) is 0.780. The summed E-state index contributed by atoms with van der Waals surface area (Å²) in [6, 6.07) is 7.46. The van der Waals surface area contributed by atoms with Crippen molar-refractivity contribution in [1.29, 1.82) is 0 Å². The van der Waals surface area contributed by atoms with Crippen molar-refractivity contribution < 1.29 is 19.0 Å². The third-order valence-electron chi connectivity index (χ3n) is 3.90. The number of hydrogen-bond acceptors (Lipinski definition) is 6. The number of ether oxygens (including phenoxy) is 3. The second kappa shape index (κ2) is 8.73. The Hall–Kier alpha value is -2.25. The van der Waals surface area contributed by atoms with Gasteiger partial charge in [0.05, 0.1) is 32.9 Å². The third kappa shape index (κ3) is 4.43. The number of carbonyl (C=O) groups excluding carboxylic acids is 1. The van der Waals surface area contributed by atoms with E-state index in [1.54, 1.807) is 30.6 Å². The molecule has 0 unspecified atom stereocenters. The molecule has 25 heavy (non-hydrogen) atoms. The van der Waals surface area contributed by atoms with Crippen LogP contribution < -0.4 is 19.5 Å². The maximum Gasteiger partial charge on any atom is 0.255 e. The largest absolute Gasteiger partial charge is 0.496 e. The van der Waals surface area contributed by atoms with Crippen molar-refractivity contribution in [1.82, 2.24) is 10.2 Å². The zero-order chi connectivity index (χ0) is 18.4. The molecule has 1 heterocycles. The Morgan fingerprint density at radius 2 is 1.76 bits per heavy atom. The van der Waals surface area contributed by atoms with Crippen molar-refractivity contribution in [3.63, 3.8) is 0 Å². The van der Waals surface area contributed by atoms with E-state index in [1.807, 2.05) is 25.5 Å². The van der Waals surface area contributed by atoms with E-state index >= 15 is 0 Å². The molecule has 2 aromatic rings. The average molecular weight is 364 g/mol. The third-order valence-corrected chi connectivity index (χ3v) is 4.87. The highest BCUT2D eigenvalue weighted by molar-refractivity contribution is 7.10. The highest BCUT2D eigenvalue weighted by Gasteiger charge is 2.20. The monoisotopic (exact) mass is 364 g/mol. The van der Waals surface area contributed by atoms with Crippen LogP contribution in [0.4, 0.5) is 0 Å². The smallest absolute Gasteiger partial charge is 0.255 e. The number of nitrogens with one attached hydrogen (secondary N) is 1. The Labute approximate surface area is 152 Å². The zero-order valence-electron chi connectivity index (χ0n) is 15.2. The highest BCUT2D eigenvalue weighted by Crippen LogP contribution is 2.34. The minimum Gasteiger partial charge on any atom is -0.496 e. The summed E-state index contributed by atoms with van der Waals surface area (Å²) in [5, 5.41) is 5.01. The van der Waals surface area contributed by atoms with Gasteiger partial charge in [0.15, 0.2) is 11.5 Å². The lowest BCUT2D eigenvalue weighted by Gasteiger charge is -2.24. The normalized spacial score (nSPS) is 11.9. The summed E-state index contributed by atoms with van der Waals surface area (Å²) in [5.74, 6) is 1.21. The van der Waals surface area contributed by atoms with Crippen LogP contribution in [-0.4, -0.2) is 52.8 Å². The summed E-state index contributed by atoms with van der Waals surface area (Å²) in [7, 11) is 8.58. The predicted molar refractivity (Wildman–Crippen MR) is 99.2 cm³/mol. The van der Waals surface area contributed by atoms with Gasteiger partial charge in [-0.05, 0) is 25.5 Å². The fourth-order valence-corrected chi connectivity index (χ4v) is 3.43. The molecule has 0 radical (unpaired) electrons. The summed E-state index contributed by atoms with van der Waals surface area (Å²) in [4.78, 5) is 16.0. The molecule has 136 valence electrons. The highest BCUT2D eigenvalue weighted by atomic mass is 32.1. The first-order valence-electron chi connectivity index (χ1n) is 7.79. The molecule has 6 nitrogen and oxygen atoms in total. The fraction of sp³-hybridized carbons (Fsp3) is 0.389. The zero-order valence-corrected chi connectivity index (χ0v) is 16.0. The number of hydrogen-bond donors (Lipinski definition) is 1. The van der Waals surface area contributed by atoms with Crippen LogP contribution in [0.5, 0.6) is 17.2 Å². The van der Waals surface area contributed by atoms with Crippen LogP contribution in [0.15, 0.2) is 29.6 Å². The molecule has 1 atom stereocenters. The summed E-state index contributed by atoms with van der Waals surface area (Å²) in [6.07, 6.45) is 0. The Kier molecular flexibility index (Phi) is 6.66. The van der Waals surface area contributed by atoms with E-state index in [0.717, 1.165) is 0 Å². The molecule has 0 saturated heterocycles. The summed E-state index contributed by atoms with van der Waals surface area (Å²) in [6.45, 7) is 0.490. The standard InChI is InChI=1S/C18H24N2O4S/c1-20(2)13(17-7-6-8-25-17)11-19-18(21)12-9-15(23-4)16(24-5)10-14(12)22-3/h6-10,13H,11H2,1-5H3,(H,19,21)/t13-/m1/s1. The minimum atomic E-state index is -0.221. The molecule has 0 aliphatic heterocycles. The van der Waals surface area contributed by atoms with Gasteiger partial charge >= 0.3 is 0 Å². The molecule has 1 aromatic carbocycles. The molecule has 2 rings (SSSR count). The van der Waals surface area contributed by atoms with Crippen molar-refractivity contribution in [3.8, 4) is 17.2 Å². The van der Waals surface area contributed by atoms with Gasteiger partial charge in [-0.3, -0.25) is 4.79 Å². The second-order valence-corrected chi connectivity index (χ2v) is 6.59. The molecule has 1 amide bonds. The number of likely N-dealkylation sites (N-methyl/N-ethyl adjacent to an activating group) is 1. The van der Waals surface area contributed by atoms with Gasteiger partial charge in [-0.25, -0.2) is 0 Å². The van der Waals surface area contributed by atoms with E-state index in [9.17, 15) is 4.79 Å². The second-order valence-electron chi connectivity index (χ2n) is 5.61. The SMILES string of the molecule is COc1cc(OC)c(C(=O)NC[C@H](c2cccs2)N(C)C)cc1OC. The maximum absolute atomic E-state index is 12.7. The van der Waals surface area contributed by atoms with Crippen molar-refractivity contribution >= 4 is 17.2 Å². The molecular formula is C18H24N2O4S. The van der Waals surface area contributed by atoms with Crippen LogP contribution in [0.3, 0.4) is 0 Å². The Morgan fingerprint density at radius 1 is 1.12 bits per heavy atom. The lowest BCUT2D eigenvalue weighted by atomic mass is 10.1. The number of amides is 1. The van der Waals surface area contributed by atoms with Gasteiger partial charge < -0.3 is 24.4 Å². The minimum absolute atomic E-state index is 0.107. The number of thiophene rings is 1. The Bertz CT molecular complexity index is 701. The number of nitrogens with zero attached hydrogens (tertiary/aromatic N) is 1. The summed E-state index contributed by atoms with van der Waals surface area (Å²) < 4.78 is 15.9. The molecule has 0 saturated carbocycles. The van der Waals surface area contributed by atoms with Crippen LogP contribution in [0.2, 0.25) is 0 Å². The summed E-state index contributed by atoms with van der Waals surface area (Å²) in [5.41, 5.74) is 0.406. The number of methoxy groups -OCH3 is 3. The van der Waals surface area contributed by atoms with Crippen LogP contribution in [0.1, 0.15) is 21.3 Å². The van der Waals surface area contributed by atoms with Gasteiger partial charge in [0.2, 0.25) is 0 Å². The first-order valence-corrected chi connectivity index (χ1v) is 8.67. The van der Waals surface area contributed by atoms with Gasteiger partial charge in [0.1, 0.15) is 5.75 Å². The van der Waals surface area contributed by atoms with Crippen LogP contribution in [0.25, 0.3) is 0 Å². The Morgan fingerprint density at radius 3 is 2.28 bits per heavy atom. The topological polar surface area (TPSA) is 60.0 Å². The van der Waals surface area contributed by atoms with Gasteiger partial charge in [-0.2, -0.15) is 0 Å². The molecular weight excluding hydrogens is 340 g/mol. The van der Waals surface area contributed by atoms with Crippen molar-refractivity contribution in [2.24, 2.45) is 0 Å². The van der Waals surface area contributed by atoms with E-state index < -0.39 is 0 Å². The average Bonchev–Trinajstić information content (AvgIpc) is 3.14. The molecule has 0 spiro atoms. The number of carbonyl (C=O) groups is 1. The molecule has 7 heteroatoms. The van der Waals surface area contributed by atoms with E-state index in [4.69, 9.17) is 14.2 Å². The van der Waals surface area contributed by atoms with Crippen molar-refractivity contribution in [3.05, 3.63) is 40.1 Å². The van der Waals surface area contributed by atoms with Gasteiger partial charge in [0, 0.05) is 23.6 Å². The lowest BCUT2D eigenvalue weighted by Crippen LogP contribution is -2.34. The summed E-state index contributed by atoms with van der Waals surface area (Å²) >= 11 is 1.67. The molecule has 0 aliphatic rings. The first-order chi connectivity index (χ1) is 12.0. The number of rotatable bonds is 8. The fourth-order valence-electron chi connectivity index (χ4n) is 2.51. The number of benzene rings is 1. The van der Waals surface area contributed by atoms with Crippen LogP contribution >= 0.6 is 11.3 Å². The lowest BCUT2D eigenvalue weighted by molar-refractivity contribution is 0.0938. The molecule has 0 fully saturated rings. The Balaban J connectivity index is 2.19. The van der Waals surface area contributed by atoms with Gasteiger partial charge in [0.25, 0.3) is 5.91 Å². The first kappa shape index (κ1) is 19.1. The van der Waals surface area contributed by atoms with E-state index in [-0.39, 0.29) is 11.9 Å². The van der Waals surface area contributed by atoms with Crippen molar-refractivity contribution in [2.75, 3.05) is 42.0 Å². The van der Waals surface area contributed by atoms with E-state index in [1.165, 1.54) is 19.1 Å². The van der Waals surface area contributed by atoms with Crippen molar-refractivity contribution in [2.45, 2.75) is 6.04 Å². The predicted octanol–water partition coefficient (Wildman–Crippen LogP) is 2.81. The van der Waals surface area contributed by atoms with Crippen LogP contribution in [0, 0.1) is 0 Å². The maximum atomic E-state index is 12.7. The van der Waals surface area contributed by atoms with Crippen LogP contribution in [-0.2, 0) is 0 Å². The van der Waals surface area contributed by atoms with E-state index in [2.05, 4.69) is 16.3 Å². The van der Waals surface area contributed by atoms with Gasteiger partial charge in [-0.1, -0.05) is 6.07 Å². The van der Waals surface area contributed by atoms with E-state index in [0.29, 0.717) is 29.4 Å². The molecule has 0 aliphatic carbocycles. The molecule has 1 N–H and O–H groups in total. The van der Waals surface area contributed by atoms with Gasteiger partial charge in [-0.15, -0.1) is 11.3 Å². The molecule has 1 aromatic heterocycles. The molecule has 0 bridgehead atoms.